The van der Waals surface area contributed by atoms with E-state index in [1.54, 1.807) is 6.92 Å². The molecule has 0 N–H and O–H groups in total. The second-order valence-electron chi connectivity index (χ2n) is 10.2. The van der Waals surface area contributed by atoms with Gasteiger partial charge in [-0.25, -0.2) is 0 Å². The number of carbonyl (C=O) groups excluding carboxylic acids is 2. The Morgan fingerprint density at radius 3 is 2.48 bits per heavy atom. The Labute approximate surface area is 175 Å². The predicted octanol–water partition coefficient (Wildman–Crippen LogP) is 5.37. The van der Waals surface area contributed by atoms with E-state index in [2.05, 4.69) is 32.9 Å². The summed E-state index contributed by atoms with van der Waals surface area (Å²) in [6.45, 7) is 9.95. The lowest BCUT2D eigenvalue weighted by Crippen LogP contribution is -2.56. The average Bonchev–Trinajstić information content (AvgIpc) is 2.99. The molecule has 0 amide bonds. The van der Waals surface area contributed by atoms with Crippen molar-refractivity contribution < 1.29 is 19.1 Å². The first-order chi connectivity index (χ1) is 13.7. The minimum atomic E-state index is -0.180. The summed E-state index contributed by atoms with van der Waals surface area (Å²) in [5.74, 6) is 1.40. The first-order valence-electron chi connectivity index (χ1n) is 11.4. The van der Waals surface area contributed by atoms with E-state index in [0.29, 0.717) is 17.8 Å². The monoisotopic (exact) mass is 400 g/mol. The van der Waals surface area contributed by atoms with E-state index >= 15 is 0 Å². The third kappa shape index (κ3) is 3.18. The zero-order valence-electron chi connectivity index (χ0n) is 18.6. The summed E-state index contributed by atoms with van der Waals surface area (Å²) < 4.78 is 11.6. The number of hydrogen-bond donors (Lipinski definition) is 0. The minimum absolute atomic E-state index is 0.0163. The zero-order chi connectivity index (χ0) is 21.0. The van der Waals surface area contributed by atoms with Gasteiger partial charge >= 0.3 is 11.9 Å². The third-order valence-corrected chi connectivity index (χ3v) is 8.97. The fraction of sp³-hybridized carbons (Fsp3) is 0.760. The molecule has 7 atom stereocenters. The SMILES string of the molecule is C/C=C1/CC[C@H]2[C@@H]3CC=C4C[C@@H](OC(C)=O)CC[C@]4(C)[C@H]3C[C@@H](OC(C)=O)[C@]12C. The van der Waals surface area contributed by atoms with Crippen LogP contribution in [0.1, 0.15) is 79.6 Å². The van der Waals surface area contributed by atoms with Crippen LogP contribution in [0.25, 0.3) is 0 Å². The molecule has 0 radical (unpaired) electrons. The normalized spacial score (nSPS) is 44.9. The predicted molar refractivity (Wildman–Crippen MR) is 112 cm³/mol. The maximum absolute atomic E-state index is 12.0. The van der Waals surface area contributed by atoms with Crippen LogP contribution in [-0.4, -0.2) is 24.1 Å². The van der Waals surface area contributed by atoms with E-state index < -0.39 is 0 Å². The smallest absolute Gasteiger partial charge is 0.302 e. The molecular weight excluding hydrogens is 364 g/mol. The van der Waals surface area contributed by atoms with Crippen LogP contribution in [0.4, 0.5) is 0 Å². The summed E-state index contributed by atoms with van der Waals surface area (Å²) in [6.07, 6.45) is 11.9. The van der Waals surface area contributed by atoms with E-state index in [0.717, 1.165) is 38.5 Å². The van der Waals surface area contributed by atoms with Crippen LogP contribution >= 0.6 is 0 Å². The van der Waals surface area contributed by atoms with Crippen LogP contribution in [0.5, 0.6) is 0 Å². The van der Waals surface area contributed by atoms with E-state index in [1.807, 2.05) is 0 Å². The molecule has 4 aliphatic carbocycles. The average molecular weight is 401 g/mol. The zero-order valence-corrected chi connectivity index (χ0v) is 18.6. The summed E-state index contributed by atoms with van der Waals surface area (Å²) in [5, 5.41) is 0. The topological polar surface area (TPSA) is 52.6 Å². The fourth-order valence-corrected chi connectivity index (χ4v) is 7.60. The van der Waals surface area contributed by atoms with Crippen LogP contribution in [0.15, 0.2) is 23.3 Å². The van der Waals surface area contributed by atoms with Crippen molar-refractivity contribution in [2.24, 2.45) is 28.6 Å². The number of hydrogen-bond acceptors (Lipinski definition) is 4. The van der Waals surface area contributed by atoms with Gasteiger partial charge in [0.15, 0.2) is 0 Å². The molecule has 0 heterocycles. The van der Waals surface area contributed by atoms with Crippen molar-refractivity contribution in [1.82, 2.24) is 0 Å². The Morgan fingerprint density at radius 2 is 1.83 bits per heavy atom. The number of ether oxygens (including phenoxy) is 2. The summed E-state index contributed by atoms with van der Waals surface area (Å²) in [6, 6.07) is 0. The quantitative estimate of drug-likeness (QED) is 0.462. The summed E-state index contributed by atoms with van der Waals surface area (Å²) in [5.41, 5.74) is 3.03. The van der Waals surface area contributed by atoms with Gasteiger partial charge in [-0.2, -0.15) is 0 Å². The van der Waals surface area contributed by atoms with Crippen molar-refractivity contribution in [3.63, 3.8) is 0 Å². The molecular formula is C25H36O4. The van der Waals surface area contributed by atoms with Crippen molar-refractivity contribution in [3.8, 4) is 0 Å². The van der Waals surface area contributed by atoms with Gasteiger partial charge in [0.2, 0.25) is 0 Å². The molecule has 160 valence electrons. The molecule has 0 aromatic rings. The van der Waals surface area contributed by atoms with Gasteiger partial charge in [0.1, 0.15) is 12.2 Å². The summed E-state index contributed by atoms with van der Waals surface area (Å²) in [4.78, 5) is 23.5. The van der Waals surface area contributed by atoms with Crippen molar-refractivity contribution in [2.45, 2.75) is 91.8 Å². The van der Waals surface area contributed by atoms with Gasteiger partial charge in [-0.05, 0) is 68.6 Å². The highest BCUT2D eigenvalue weighted by molar-refractivity contribution is 5.66. The van der Waals surface area contributed by atoms with Gasteiger partial charge in [0.25, 0.3) is 0 Å². The van der Waals surface area contributed by atoms with E-state index in [1.165, 1.54) is 24.5 Å². The molecule has 0 aromatic carbocycles. The second-order valence-corrected chi connectivity index (χ2v) is 10.2. The standard InChI is InChI=1S/C25H36O4/c1-6-17-8-10-21-20-9-7-18-13-19(28-15(2)26)11-12-24(18,4)22(20)14-23(25(17,21)5)29-16(3)27/h6-7,19-23H,8-14H2,1-5H3/b17-6-/t19-,20-,21-,22-,23+,24-,25+/m0/s1. The lowest BCUT2D eigenvalue weighted by Gasteiger charge is -2.59. The van der Waals surface area contributed by atoms with Crippen LogP contribution < -0.4 is 0 Å². The summed E-state index contributed by atoms with van der Waals surface area (Å²) in [7, 11) is 0. The van der Waals surface area contributed by atoms with Crippen LogP contribution in [-0.2, 0) is 19.1 Å². The minimum Gasteiger partial charge on any atom is -0.462 e. The van der Waals surface area contributed by atoms with Crippen molar-refractivity contribution in [2.75, 3.05) is 0 Å². The maximum Gasteiger partial charge on any atom is 0.302 e. The van der Waals surface area contributed by atoms with Gasteiger partial charge < -0.3 is 9.47 Å². The Bertz CT molecular complexity index is 765. The molecule has 0 aromatic heterocycles. The van der Waals surface area contributed by atoms with Gasteiger partial charge in [-0.15, -0.1) is 0 Å². The molecule has 0 saturated heterocycles. The first kappa shape index (κ1) is 20.7. The van der Waals surface area contributed by atoms with Gasteiger partial charge in [0, 0.05) is 25.7 Å². The molecule has 4 aliphatic rings. The third-order valence-electron chi connectivity index (χ3n) is 8.97. The maximum atomic E-state index is 12.0. The lowest BCUT2D eigenvalue weighted by atomic mass is 9.47. The van der Waals surface area contributed by atoms with Gasteiger partial charge in [-0.3, -0.25) is 9.59 Å². The Kier molecular flexibility index (Phi) is 5.19. The van der Waals surface area contributed by atoms with Crippen molar-refractivity contribution in [3.05, 3.63) is 23.3 Å². The van der Waals surface area contributed by atoms with E-state index in [9.17, 15) is 9.59 Å². The molecule has 29 heavy (non-hydrogen) atoms. The Hall–Kier alpha value is -1.58. The molecule has 4 heteroatoms. The number of carbonyl (C=O) groups is 2. The van der Waals surface area contributed by atoms with Crippen LogP contribution in [0, 0.1) is 28.6 Å². The van der Waals surface area contributed by atoms with E-state index in [-0.39, 0.29) is 35.0 Å². The number of allylic oxidation sites excluding steroid dienone is 2. The fourth-order valence-electron chi connectivity index (χ4n) is 7.60. The molecule has 0 unspecified atom stereocenters. The van der Waals surface area contributed by atoms with Crippen molar-refractivity contribution >= 4 is 11.9 Å². The van der Waals surface area contributed by atoms with Crippen LogP contribution in [0.2, 0.25) is 0 Å². The largest absolute Gasteiger partial charge is 0.462 e. The lowest BCUT2D eigenvalue weighted by molar-refractivity contribution is -0.167. The molecule has 4 rings (SSSR count). The number of rotatable bonds is 2. The molecule has 3 saturated carbocycles. The van der Waals surface area contributed by atoms with Gasteiger partial charge in [-0.1, -0.05) is 37.1 Å². The highest BCUT2D eigenvalue weighted by Gasteiger charge is 2.61. The highest BCUT2D eigenvalue weighted by Crippen LogP contribution is 2.66. The van der Waals surface area contributed by atoms with E-state index in [4.69, 9.17) is 9.47 Å². The number of fused-ring (bicyclic) bond motifs is 5. The molecule has 4 nitrogen and oxygen atoms in total. The number of esters is 2. The molecule has 0 spiro atoms. The molecule has 0 aliphatic heterocycles. The summed E-state index contributed by atoms with van der Waals surface area (Å²) >= 11 is 0. The van der Waals surface area contributed by atoms with Gasteiger partial charge in [0.05, 0.1) is 0 Å². The Balaban J connectivity index is 1.67. The van der Waals surface area contributed by atoms with Crippen LogP contribution in [0.3, 0.4) is 0 Å². The second kappa shape index (κ2) is 7.28. The highest BCUT2D eigenvalue weighted by atomic mass is 16.5. The molecule has 0 bridgehead atoms. The molecule has 3 fully saturated rings. The first-order valence-corrected chi connectivity index (χ1v) is 11.4. The van der Waals surface area contributed by atoms with Crippen molar-refractivity contribution in [1.29, 1.82) is 0 Å². The Morgan fingerprint density at radius 1 is 1.10 bits per heavy atom.